The fourth-order valence-corrected chi connectivity index (χ4v) is 3.10. The second-order valence-corrected chi connectivity index (χ2v) is 6.50. The number of hydrogen-bond donors (Lipinski definition) is 0. The topological polar surface area (TPSA) is 36.4 Å². The molecule has 142 valence electrons. The maximum absolute atomic E-state index is 12.9. The Balaban J connectivity index is 1.61. The van der Waals surface area contributed by atoms with E-state index in [2.05, 4.69) is 9.88 Å². The molecule has 0 atom stereocenters. The SMILES string of the molecule is O=C(/C=C/c1ccc(Cl)c(C(F)(F)F)c1)N1CCN(c2ccncc2)CC1. The number of benzene rings is 1. The van der Waals surface area contributed by atoms with Crippen molar-refractivity contribution in [1.82, 2.24) is 9.88 Å². The van der Waals surface area contributed by atoms with Gasteiger partial charge < -0.3 is 9.80 Å². The quantitative estimate of drug-likeness (QED) is 0.734. The van der Waals surface area contributed by atoms with Crippen LogP contribution in [0.15, 0.2) is 48.8 Å². The third-order valence-corrected chi connectivity index (χ3v) is 4.66. The van der Waals surface area contributed by atoms with Crippen LogP contribution < -0.4 is 4.90 Å². The number of anilines is 1. The van der Waals surface area contributed by atoms with E-state index in [9.17, 15) is 18.0 Å². The van der Waals surface area contributed by atoms with E-state index in [1.807, 2.05) is 12.1 Å². The minimum Gasteiger partial charge on any atom is -0.368 e. The summed E-state index contributed by atoms with van der Waals surface area (Å²) in [5.41, 5.74) is 0.411. The molecule has 4 nitrogen and oxygen atoms in total. The minimum absolute atomic E-state index is 0.229. The van der Waals surface area contributed by atoms with E-state index in [-0.39, 0.29) is 16.5 Å². The maximum atomic E-state index is 12.9. The van der Waals surface area contributed by atoms with Crippen LogP contribution in [0, 0.1) is 0 Å². The molecule has 0 N–H and O–H groups in total. The Labute approximate surface area is 159 Å². The summed E-state index contributed by atoms with van der Waals surface area (Å²) in [7, 11) is 0. The van der Waals surface area contributed by atoms with Crippen LogP contribution in [-0.4, -0.2) is 42.0 Å². The van der Waals surface area contributed by atoms with Crippen molar-refractivity contribution in [2.45, 2.75) is 6.18 Å². The van der Waals surface area contributed by atoms with Gasteiger partial charge in [-0.25, -0.2) is 0 Å². The third kappa shape index (κ3) is 4.80. The predicted octanol–water partition coefficient (Wildman–Crippen LogP) is 4.12. The summed E-state index contributed by atoms with van der Waals surface area (Å²) in [4.78, 5) is 20.1. The fourth-order valence-electron chi connectivity index (χ4n) is 2.88. The molecule has 8 heteroatoms. The Kier molecular flexibility index (Phi) is 5.70. The number of halogens is 4. The Morgan fingerprint density at radius 3 is 2.37 bits per heavy atom. The molecule has 0 saturated carbocycles. The molecule has 0 unspecified atom stereocenters. The van der Waals surface area contributed by atoms with Gasteiger partial charge in [-0.05, 0) is 35.9 Å². The van der Waals surface area contributed by atoms with Crippen molar-refractivity contribution in [1.29, 1.82) is 0 Å². The Morgan fingerprint density at radius 1 is 1.07 bits per heavy atom. The first kappa shape index (κ1) is 19.2. The number of carbonyl (C=O) groups excluding carboxylic acids is 1. The van der Waals surface area contributed by atoms with Gasteiger partial charge in [0.15, 0.2) is 0 Å². The highest BCUT2D eigenvalue weighted by Gasteiger charge is 2.33. The Bertz CT molecular complexity index is 832. The van der Waals surface area contributed by atoms with Crippen molar-refractivity contribution in [2.24, 2.45) is 0 Å². The highest BCUT2D eigenvalue weighted by atomic mass is 35.5. The molecule has 1 saturated heterocycles. The Morgan fingerprint density at radius 2 is 1.74 bits per heavy atom. The van der Waals surface area contributed by atoms with Crippen LogP contribution in [0.2, 0.25) is 5.02 Å². The number of piperazine rings is 1. The summed E-state index contributed by atoms with van der Waals surface area (Å²) in [6.07, 6.45) is 1.58. The monoisotopic (exact) mass is 395 g/mol. The largest absolute Gasteiger partial charge is 0.417 e. The number of pyridine rings is 1. The summed E-state index contributed by atoms with van der Waals surface area (Å²) in [6.45, 7) is 2.45. The van der Waals surface area contributed by atoms with Crippen LogP contribution >= 0.6 is 11.6 Å². The number of carbonyl (C=O) groups is 1. The van der Waals surface area contributed by atoms with Crippen LogP contribution in [0.25, 0.3) is 6.08 Å². The number of amides is 1. The first-order valence-corrected chi connectivity index (χ1v) is 8.71. The van der Waals surface area contributed by atoms with Crippen LogP contribution in [-0.2, 0) is 11.0 Å². The van der Waals surface area contributed by atoms with Crippen LogP contribution in [0.4, 0.5) is 18.9 Å². The van der Waals surface area contributed by atoms with Crippen molar-refractivity contribution in [3.8, 4) is 0 Å². The molecule has 2 aromatic rings. The zero-order valence-corrected chi connectivity index (χ0v) is 15.0. The lowest BCUT2D eigenvalue weighted by Crippen LogP contribution is -2.48. The van der Waals surface area contributed by atoms with Gasteiger partial charge in [0.25, 0.3) is 0 Å². The number of aromatic nitrogens is 1. The zero-order valence-electron chi connectivity index (χ0n) is 14.3. The van der Waals surface area contributed by atoms with Crippen molar-refractivity contribution < 1.29 is 18.0 Å². The van der Waals surface area contributed by atoms with E-state index in [1.54, 1.807) is 17.3 Å². The summed E-state index contributed by atoms with van der Waals surface area (Å²) >= 11 is 5.60. The molecule has 1 aromatic heterocycles. The smallest absolute Gasteiger partial charge is 0.368 e. The van der Waals surface area contributed by atoms with E-state index in [1.165, 1.54) is 24.3 Å². The molecule has 1 aliphatic rings. The van der Waals surface area contributed by atoms with E-state index in [4.69, 9.17) is 11.6 Å². The van der Waals surface area contributed by atoms with Crippen molar-refractivity contribution in [2.75, 3.05) is 31.1 Å². The van der Waals surface area contributed by atoms with Gasteiger partial charge in [0.1, 0.15) is 0 Å². The van der Waals surface area contributed by atoms with Gasteiger partial charge >= 0.3 is 6.18 Å². The molecule has 0 radical (unpaired) electrons. The molecule has 1 amide bonds. The molecular weight excluding hydrogens is 379 g/mol. The van der Waals surface area contributed by atoms with E-state index in [0.717, 1.165) is 11.8 Å². The number of nitrogens with zero attached hydrogens (tertiary/aromatic N) is 3. The van der Waals surface area contributed by atoms with Crippen molar-refractivity contribution >= 4 is 29.3 Å². The molecule has 27 heavy (non-hydrogen) atoms. The van der Waals surface area contributed by atoms with Crippen molar-refractivity contribution in [3.05, 3.63) is 65.0 Å². The first-order valence-electron chi connectivity index (χ1n) is 8.33. The summed E-state index contributed by atoms with van der Waals surface area (Å²) in [5.74, 6) is -0.229. The highest BCUT2D eigenvalue weighted by Crippen LogP contribution is 2.35. The maximum Gasteiger partial charge on any atom is 0.417 e. The number of hydrogen-bond acceptors (Lipinski definition) is 3. The lowest BCUT2D eigenvalue weighted by Gasteiger charge is -2.35. The summed E-state index contributed by atoms with van der Waals surface area (Å²) in [5, 5.41) is -0.363. The Hall–Kier alpha value is -2.54. The van der Waals surface area contributed by atoms with Gasteiger partial charge in [0, 0.05) is 50.3 Å². The van der Waals surface area contributed by atoms with Gasteiger partial charge in [-0.15, -0.1) is 0 Å². The molecule has 1 fully saturated rings. The van der Waals surface area contributed by atoms with E-state index < -0.39 is 11.7 Å². The van der Waals surface area contributed by atoms with Crippen molar-refractivity contribution in [3.63, 3.8) is 0 Å². The fraction of sp³-hybridized carbons (Fsp3) is 0.263. The second kappa shape index (κ2) is 8.00. The molecule has 0 bridgehead atoms. The van der Waals surface area contributed by atoms with Gasteiger partial charge in [-0.2, -0.15) is 13.2 Å². The van der Waals surface area contributed by atoms with Gasteiger partial charge in [-0.1, -0.05) is 17.7 Å². The van der Waals surface area contributed by atoms with E-state index in [0.29, 0.717) is 26.2 Å². The summed E-state index contributed by atoms with van der Waals surface area (Å²) in [6, 6.07) is 7.39. The molecule has 2 heterocycles. The molecule has 1 aromatic carbocycles. The minimum atomic E-state index is -4.53. The first-order chi connectivity index (χ1) is 12.8. The average molecular weight is 396 g/mol. The molecule has 1 aliphatic heterocycles. The van der Waals surface area contributed by atoms with Gasteiger partial charge in [0.2, 0.25) is 5.91 Å². The molecule has 0 spiro atoms. The zero-order chi connectivity index (χ0) is 19.4. The van der Waals surface area contributed by atoms with E-state index >= 15 is 0 Å². The van der Waals surface area contributed by atoms with Gasteiger partial charge in [-0.3, -0.25) is 9.78 Å². The van der Waals surface area contributed by atoms with Crippen LogP contribution in [0.1, 0.15) is 11.1 Å². The average Bonchev–Trinajstić information content (AvgIpc) is 2.67. The highest BCUT2D eigenvalue weighted by molar-refractivity contribution is 6.31. The number of alkyl halides is 3. The predicted molar refractivity (Wildman–Crippen MR) is 98.5 cm³/mol. The van der Waals surface area contributed by atoms with Crippen LogP contribution in [0.5, 0.6) is 0 Å². The lowest BCUT2D eigenvalue weighted by atomic mass is 10.1. The second-order valence-electron chi connectivity index (χ2n) is 6.09. The summed E-state index contributed by atoms with van der Waals surface area (Å²) < 4.78 is 38.7. The molecule has 0 aliphatic carbocycles. The lowest BCUT2D eigenvalue weighted by molar-refractivity contribution is -0.137. The molecule has 3 rings (SSSR count). The normalized spacial score (nSPS) is 15.4. The standard InChI is InChI=1S/C19H17ClF3N3O/c20-17-3-1-14(13-16(17)19(21,22)23)2-4-18(27)26-11-9-25(10-12-26)15-5-7-24-8-6-15/h1-8,13H,9-12H2/b4-2+. The van der Waals surface area contributed by atoms with Gasteiger partial charge in [0.05, 0.1) is 10.6 Å². The third-order valence-electron chi connectivity index (χ3n) is 4.33. The van der Waals surface area contributed by atoms with Crippen LogP contribution in [0.3, 0.4) is 0 Å². The molecular formula is C19H17ClF3N3O. The number of rotatable bonds is 3.